The summed E-state index contributed by atoms with van der Waals surface area (Å²) in [6, 6.07) is 0. The van der Waals surface area contributed by atoms with Crippen LogP contribution >= 0.6 is 0 Å². The Labute approximate surface area is 158 Å². The Morgan fingerprint density at radius 2 is 2.19 bits per heavy atom. The molecule has 0 aromatic rings. The van der Waals surface area contributed by atoms with Crippen LogP contribution in [-0.2, 0) is 14.2 Å². The standard InChI is InChI=1S/C19H38N4O3/c1-16(2)12-23-7-10-26-18(13-23)11-22-19(20-3)21-6-4-8-24-14-17-5-9-25-15-17/h16-18H,4-15H2,1-3H3,(H2,20,21,22). The molecule has 0 saturated carbocycles. The van der Waals surface area contributed by atoms with E-state index in [9.17, 15) is 0 Å². The third-order valence-electron chi connectivity index (χ3n) is 4.70. The van der Waals surface area contributed by atoms with Crippen LogP contribution in [0, 0.1) is 11.8 Å². The first-order valence-electron chi connectivity index (χ1n) is 10.1. The summed E-state index contributed by atoms with van der Waals surface area (Å²) in [4.78, 5) is 6.78. The van der Waals surface area contributed by atoms with Gasteiger partial charge in [0.2, 0.25) is 0 Å². The number of guanidine groups is 1. The van der Waals surface area contributed by atoms with Gasteiger partial charge in [0.25, 0.3) is 0 Å². The smallest absolute Gasteiger partial charge is 0.191 e. The van der Waals surface area contributed by atoms with Gasteiger partial charge in [0.15, 0.2) is 5.96 Å². The zero-order valence-electron chi connectivity index (χ0n) is 16.8. The summed E-state index contributed by atoms with van der Waals surface area (Å²) in [6.07, 6.45) is 2.32. The zero-order valence-corrected chi connectivity index (χ0v) is 16.8. The van der Waals surface area contributed by atoms with E-state index in [1.165, 1.54) is 0 Å². The number of morpholine rings is 1. The van der Waals surface area contributed by atoms with Gasteiger partial charge in [-0.05, 0) is 18.8 Å². The van der Waals surface area contributed by atoms with Crippen LogP contribution < -0.4 is 10.6 Å². The molecule has 2 heterocycles. The van der Waals surface area contributed by atoms with Gasteiger partial charge in [-0.3, -0.25) is 9.89 Å². The van der Waals surface area contributed by atoms with Crippen molar-refractivity contribution in [2.24, 2.45) is 16.8 Å². The van der Waals surface area contributed by atoms with E-state index in [0.717, 1.165) is 84.6 Å². The number of hydrogen-bond acceptors (Lipinski definition) is 5. The van der Waals surface area contributed by atoms with Crippen molar-refractivity contribution >= 4 is 5.96 Å². The van der Waals surface area contributed by atoms with Crippen LogP contribution in [0.1, 0.15) is 26.7 Å². The number of rotatable bonds is 10. The molecule has 2 rings (SSSR count). The Kier molecular flexibility index (Phi) is 10.3. The maximum absolute atomic E-state index is 5.87. The van der Waals surface area contributed by atoms with Crippen molar-refractivity contribution in [2.45, 2.75) is 32.8 Å². The number of aliphatic imine (C=N–C) groups is 1. The Balaban J connectivity index is 1.51. The van der Waals surface area contributed by atoms with E-state index >= 15 is 0 Å². The number of nitrogens with zero attached hydrogens (tertiary/aromatic N) is 2. The predicted molar refractivity (Wildman–Crippen MR) is 105 cm³/mol. The second-order valence-electron chi connectivity index (χ2n) is 7.68. The monoisotopic (exact) mass is 370 g/mol. The molecule has 2 aliphatic rings. The molecule has 0 aliphatic carbocycles. The molecule has 152 valence electrons. The van der Waals surface area contributed by atoms with Crippen molar-refractivity contribution in [2.75, 3.05) is 72.8 Å². The van der Waals surface area contributed by atoms with E-state index in [0.29, 0.717) is 11.8 Å². The van der Waals surface area contributed by atoms with Gasteiger partial charge in [0, 0.05) is 58.9 Å². The lowest BCUT2D eigenvalue weighted by Gasteiger charge is -2.34. The average Bonchev–Trinajstić information content (AvgIpc) is 3.13. The summed E-state index contributed by atoms with van der Waals surface area (Å²) in [5, 5.41) is 6.72. The van der Waals surface area contributed by atoms with Crippen LogP contribution in [-0.4, -0.2) is 89.8 Å². The molecule has 2 aliphatic heterocycles. The van der Waals surface area contributed by atoms with Gasteiger partial charge < -0.3 is 24.8 Å². The van der Waals surface area contributed by atoms with Gasteiger partial charge in [-0.25, -0.2) is 0 Å². The number of nitrogens with one attached hydrogen (secondary N) is 2. The fourth-order valence-corrected chi connectivity index (χ4v) is 3.36. The van der Waals surface area contributed by atoms with Gasteiger partial charge in [-0.1, -0.05) is 13.8 Å². The molecule has 7 heteroatoms. The van der Waals surface area contributed by atoms with E-state index < -0.39 is 0 Å². The molecule has 0 amide bonds. The first kappa shape index (κ1) is 21.4. The molecule has 2 fully saturated rings. The Morgan fingerprint density at radius 1 is 1.31 bits per heavy atom. The SMILES string of the molecule is CN=C(NCCCOCC1CCOC1)NCC1CN(CC(C)C)CCO1. The Hall–Kier alpha value is -0.890. The molecule has 2 unspecified atom stereocenters. The highest BCUT2D eigenvalue weighted by Crippen LogP contribution is 2.12. The van der Waals surface area contributed by atoms with Crippen LogP contribution in [0.15, 0.2) is 4.99 Å². The van der Waals surface area contributed by atoms with Crippen LogP contribution in [0.5, 0.6) is 0 Å². The van der Waals surface area contributed by atoms with E-state index in [4.69, 9.17) is 14.2 Å². The fourth-order valence-electron chi connectivity index (χ4n) is 3.36. The van der Waals surface area contributed by atoms with Gasteiger partial charge in [-0.2, -0.15) is 0 Å². The fraction of sp³-hybridized carbons (Fsp3) is 0.947. The Morgan fingerprint density at radius 3 is 2.92 bits per heavy atom. The van der Waals surface area contributed by atoms with Gasteiger partial charge in [0.05, 0.1) is 25.9 Å². The van der Waals surface area contributed by atoms with Crippen molar-refractivity contribution in [3.63, 3.8) is 0 Å². The third-order valence-corrected chi connectivity index (χ3v) is 4.70. The molecule has 2 saturated heterocycles. The minimum atomic E-state index is 0.220. The second kappa shape index (κ2) is 12.5. The van der Waals surface area contributed by atoms with Gasteiger partial charge in [0.1, 0.15) is 0 Å². The molecule has 0 bridgehead atoms. The molecule has 26 heavy (non-hydrogen) atoms. The quantitative estimate of drug-likeness (QED) is 0.339. The zero-order chi connectivity index (χ0) is 18.6. The van der Waals surface area contributed by atoms with Crippen molar-refractivity contribution < 1.29 is 14.2 Å². The summed E-state index contributed by atoms with van der Waals surface area (Å²) in [5.41, 5.74) is 0. The predicted octanol–water partition coefficient (Wildman–Crippen LogP) is 0.951. The lowest BCUT2D eigenvalue weighted by Crippen LogP contribution is -2.50. The van der Waals surface area contributed by atoms with E-state index in [-0.39, 0.29) is 6.10 Å². The molecule has 2 atom stereocenters. The summed E-state index contributed by atoms with van der Waals surface area (Å²) >= 11 is 0. The van der Waals surface area contributed by atoms with Crippen LogP contribution in [0.3, 0.4) is 0 Å². The third kappa shape index (κ3) is 8.66. The van der Waals surface area contributed by atoms with Crippen molar-refractivity contribution in [1.29, 1.82) is 0 Å². The lowest BCUT2D eigenvalue weighted by atomic mass is 10.1. The lowest BCUT2D eigenvalue weighted by molar-refractivity contribution is -0.0284. The van der Waals surface area contributed by atoms with Crippen molar-refractivity contribution in [3.05, 3.63) is 0 Å². The van der Waals surface area contributed by atoms with Crippen molar-refractivity contribution in [3.8, 4) is 0 Å². The minimum Gasteiger partial charge on any atom is -0.381 e. The number of hydrogen-bond donors (Lipinski definition) is 2. The van der Waals surface area contributed by atoms with Crippen LogP contribution in [0.25, 0.3) is 0 Å². The summed E-state index contributed by atoms with van der Waals surface area (Å²) in [5.74, 6) is 2.11. The first-order chi connectivity index (χ1) is 12.7. The van der Waals surface area contributed by atoms with Crippen LogP contribution in [0.4, 0.5) is 0 Å². The Bertz CT molecular complexity index is 400. The summed E-state index contributed by atoms with van der Waals surface area (Å²) < 4.78 is 17.0. The highest BCUT2D eigenvalue weighted by molar-refractivity contribution is 5.79. The topological polar surface area (TPSA) is 67.4 Å². The molecule has 7 nitrogen and oxygen atoms in total. The molecule has 0 spiro atoms. The van der Waals surface area contributed by atoms with Crippen LogP contribution in [0.2, 0.25) is 0 Å². The average molecular weight is 371 g/mol. The summed E-state index contributed by atoms with van der Waals surface area (Å²) in [6.45, 7) is 13.5. The van der Waals surface area contributed by atoms with E-state index in [2.05, 4.69) is 34.4 Å². The van der Waals surface area contributed by atoms with E-state index in [1.54, 1.807) is 7.05 Å². The maximum Gasteiger partial charge on any atom is 0.191 e. The molecular formula is C19H38N4O3. The molecule has 0 aromatic heterocycles. The largest absolute Gasteiger partial charge is 0.381 e. The minimum absolute atomic E-state index is 0.220. The maximum atomic E-state index is 5.87. The first-order valence-corrected chi connectivity index (χ1v) is 10.1. The van der Waals surface area contributed by atoms with Crippen molar-refractivity contribution in [1.82, 2.24) is 15.5 Å². The number of ether oxygens (including phenoxy) is 3. The normalized spacial score (nSPS) is 25.0. The molecule has 2 N–H and O–H groups in total. The molecule has 0 aromatic carbocycles. The highest BCUT2D eigenvalue weighted by Gasteiger charge is 2.21. The molecular weight excluding hydrogens is 332 g/mol. The van der Waals surface area contributed by atoms with E-state index in [1.807, 2.05) is 0 Å². The van der Waals surface area contributed by atoms with Gasteiger partial charge in [-0.15, -0.1) is 0 Å². The highest BCUT2D eigenvalue weighted by atomic mass is 16.5. The molecule has 0 radical (unpaired) electrons. The second-order valence-corrected chi connectivity index (χ2v) is 7.68. The van der Waals surface area contributed by atoms with Gasteiger partial charge >= 0.3 is 0 Å². The summed E-state index contributed by atoms with van der Waals surface area (Å²) in [7, 11) is 1.80.